The van der Waals surface area contributed by atoms with Crippen LogP contribution in [0.25, 0.3) is 50.6 Å². The van der Waals surface area contributed by atoms with E-state index >= 15 is 17.6 Å². The SMILES string of the molecule is C=Cc1ccc(C2(c3cc(C)ccc3C)c3ccccc3-c3ccc(N(c4ccc(F)c(F)c4)c4ccc5c(c4)C4(c6ccccc6-c6ccc(N(c7ccc(F)c(F)c7)c7ccc(-c8ccccc8C)c(Cc8cc(C)ccc8C)c7)cc64)c4ccccc4-5)cc32)cc1. The maximum Gasteiger partial charge on any atom is 0.160 e. The van der Waals surface area contributed by atoms with Crippen molar-refractivity contribution in [3.8, 4) is 44.5 Å². The van der Waals surface area contributed by atoms with Crippen LogP contribution in [0.1, 0.15) is 89.0 Å². The van der Waals surface area contributed by atoms with E-state index in [2.05, 4.69) is 282 Å². The second-order valence-corrected chi connectivity index (χ2v) is 25.6. The molecule has 0 saturated carbocycles. The van der Waals surface area contributed by atoms with Crippen molar-refractivity contribution in [1.29, 1.82) is 0 Å². The van der Waals surface area contributed by atoms with Gasteiger partial charge in [-0.05, 0) is 236 Å². The van der Waals surface area contributed by atoms with Crippen LogP contribution in [0.4, 0.5) is 51.7 Å². The summed E-state index contributed by atoms with van der Waals surface area (Å²) in [6.07, 6.45) is 2.50. The molecule has 94 heavy (non-hydrogen) atoms. The maximum atomic E-state index is 16.3. The number of aryl methyl sites for hydroxylation is 5. The third-order valence-electron chi connectivity index (χ3n) is 20.2. The standard InChI is InChI=1S/C88H64F4N2/c1-7-58-28-30-61(31-29-58)87(79-45-54(3)25-27-57(79)6)76-21-13-10-18-70(76)73-39-33-63(48-80(73)87)94(67-37-43-84(90)86(92)52-67)65-35-41-75-72-20-12-15-23-78(72)88(82(75)50-65)77-22-14-11-19-71(77)74-40-34-64(49-81(74)88)93(66-36-42-83(89)85(91)51-66)62-32-38-69(68-17-9-8-16-56(68)5)60(47-62)46-59-44-53(2)24-26-55(59)4/h7-45,47-52H,1,46H2,2-6H3. The summed E-state index contributed by atoms with van der Waals surface area (Å²) in [5.74, 6) is -3.80. The predicted molar refractivity (Wildman–Crippen MR) is 378 cm³/mol. The van der Waals surface area contributed by atoms with Gasteiger partial charge in [0.2, 0.25) is 0 Å². The first-order valence-electron chi connectivity index (χ1n) is 32.0. The summed E-state index contributed by atoms with van der Waals surface area (Å²) in [6.45, 7) is 14.8. The van der Waals surface area contributed by atoms with Crippen LogP contribution >= 0.6 is 0 Å². The van der Waals surface area contributed by atoms with Gasteiger partial charge >= 0.3 is 0 Å². The maximum absolute atomic E-state index is 16.3. The number of hydrogen-bond donors (Lipinski definition) is 0. The van der Waals surface area contributed by atoms with E-state index in [4.69, 9.17) is 0 Å². The normalized spacial score (nSPS) is 15.2. The Hall–Kier alpha value is -11.1. The van der Waals surface area contributed by atoms with Gasteiger partial charge in [0.05, 0.1) is 10.8 Å². The van der Waals surface area contributed by atoms with Gasteiger partial charge in [0, 0.05) is 46.3 Å². The zero-order chi connectivity index (χ0) is 64.3. The Morgan fingerprint density at radius 2 is 0.702 bits per heavy atom. The Balaban J connectivity index is 0.926. The van der Waals surface area contributed by atoms with Crippen molar-refractivity contribution in [3.05, 3.63) is 386 Å². The number of anilines is 6. The molecule has 0 aromatic heterocycles. The topological polar surface area (TPSA) is 6.48 Å². The molecule has 0 bridgehead atoms. The Labute approximate surface area is 546 Å². The third-order valence-corrected chi connectivity index (χ3v) is 20.2. The summed E-state index contributed by atoms with van der Waals surface area (Å²) in [4.78, 5) is 4.12. The molecule has 2 unspecified atom stereocenters. The zero-order valence-electron chi connectivity index (χ0n) is 52.8. The average molecular weight is 1230 g/mol. The number of benzene rings is 13. The van der Waals surface area contributed by atoms with Crippen LogP contribution in [0.3, 0.4) is 0 Å². The summed E-state index contributed by atoms with van der Waals surface area (Å²) in [6, 6.07) is 90.6. The number of fused-ring (bicyclic) bond motifs is 13. The second kappa shape index (κ2) is 22.4. The Morgan fingerprint density at radius 1 is 0.298 bits per heavy atom. The van der Waals surface area contributed by atoms with Crippen molar-refractivity contribution >= 4 is 40.2 Å². The molecule has 2 atom stereocenters. The van der Waals surface area contributed by atoms with Gasteiger partial charge < -0.3 is 9.80 Å². The van der Waals surface area contributed by atoms with Crippen LogP contribution < -0.4 is 9.80 Å². The highest BCUT2D eigenvalue weighted by Gasteiger charge is 2.53. The summed E-state index contributed by atoms with van der Waals surface area (Å²) in [7, 11) is 0. The first-order valence-corrected chi connectivity index (χ1v) is 32.0. The van der Waals surface area contributed by atoms with Crippen LogP contribution in [-0.2, 0) is 17.3 Å². The quantitative estimate of drug-likeness (QED) is 0.113. The lowest BCUT2D eigenvalue weighted by Crippen LogP contribution is -2.30. The fourth-order valence-electron chi connectivity index (χ4n) is 15.9. The van der Waals surface area contributed by atoms with Crippen molar-refractivity contribution in [2.24, 2.45) is 0 Å². The van der Waals surface area contributed by atoms with Gasteiger partial charge in [-0.3, -0.25) is 0 Å². The summed E-state index contributed by atoms with van der Waals surface area (Å²) in [5.41, 5.74) is 28.4. The fraction of sp³-hybridized carbons (Fsp3) is 0.0909. The summed E-state index contributed by atoms with van der Waals surface area (Å²) < 4.78 is 63.0. The molecule has 0 N–H and O–H groups in total. The molecule has 13 aromatic rings. The second-order valence-electron chi connectivity index (χ2n) is 25.6. The molecular formula is C88H64F4N2. The highest BCUT2D eigenvalue weighted by atomic mass is 19.2. The Morgan fingerprint density at radius 3 is 1.20 bits per heavy atom. The zero-order valence-corrected chi connectivity index (χ0v) is 52.8. The minimum Gasteiger partial charge on any atom is -0.310 e. The highest BCUT2D eigenvalue weighted by Crippen LogP contribution is 2.65. The van der Waals surface area contributed by atoms with Crippen molar-refractivity contribution < 1.29 is 17.6 Å². The average Bonchev–Trinajstić information content (AvgIpc) is 1.51. The molecular weight excluding hydrogens is 1160 g/mol. The lowest BCUT2D eigenvalue weighted by Gasteiger charge is -2.36. The molecule has 0 saturated heterocycles. The first-order chi connectivity index (χ1) is 45.7. The largest absolute Gasteiger partial charge is 0.310 e. The number of hydrogen-bond acceptors (Lipinski definition) is 2. The van der Waals surface area contributed by atoms with Crippen LogP contribution in [0, 0.1) is 57.9 Å². The van der Waals surface area contributed by atoms with E-state index in [1.54, 1.807) is 12.1 Å². The van der Waals surface area contributed by atoms with Gasteiger partial charge in [-0.25, -0.2) is 17.6 Å². The van der Waals surface area contributed by atoms with Gasteiger partial charge in [-0.15, -0.1) is 0 Å². The van der Waals surface area contributed by atoms with Crippen LogP contribution in [-0.4, -0.2) is 0 Å². The van der Waals surface area contributed by atoms with E-state index in [1.807, 2.05) is 6.08 Å². The highest BCUT2D eigenvalue weighted by molar-refractivity contribution is 5.98. The van der Waals surface area contributed by atoms with Gasteiger partial charge in [-0.1, -0.05) is 206 Å². The molecule has 13 aromatic carbocycles. The fourth-order valence-corrected chi connectivity index (χ4v) is 15.9. The predicted octanol–water partition coefficient (Wildman–Crippen LogP) is 23.3. The van der Waals surface area contributed by atoms with Gasteiger partial charge in [-0.2, -0.15) is 0 Å². The van der Waals surface area contributed by atoms with Crippen LogP contribution in [0.15, 0.2) is 273 Å². The molecule has 16 rings (SSSR count). The summed E-state index contributed by atoms with van der Waals surface area (Å²) >= 11 is 0. The molecule has 3 aliphatic rings. The molecule has 0 radical (unpaired) electrons. The molecule has 1 spiro atoms. The van der Waals surface area contributed by atoms with E-state index in [9.17, 15) is 0 Å². The van der Waals surface area contributed by atoms with E-state index in [0.29, 0.717) is 17.8 Å². The van der Waals surface area contributed by atoms with Crippen molar-refractivity contribution in [2.75, 3.05) is 9.80 Å². The van der Waals surface area contributed by atoms with Crippen LogP contribution in [0.5, 0.6) is 0 Å². The molecule has 0 fully saturated rings. The lowest BCUT2D eigenvalue weighted by atomic mass is 9.66. The molecule has 2 nitrogen and oxygen atoms in total. The van der Waals surface area contributed by atoms with Crippen molar-refractivity contribution in [3.63, 3.8) is 0 Å². The van der Waals surface area contributed by atoms with Crippen LogP contribution in [0.2, 0.25) is 0 Å². The minimum absolute atomic E-state index is 0.439. The molecule has 0 heterocycles. The number of halogens is 4. The first kappa shape index (κ1) is 58.0. The number of nitrogens with zero attached hydrogens (tertiary/aromatic N) is 2. The minimum atomic E-state index is -0.966. The van der Waals surface area contributed by atoms with E-state index in [0.717, 1.165) is 140 Å². The summed E-state index contributed by atoms with van der Waals surface area (Å²) in [5, 5.41) is 0. The van der Waals surface area contributed by atoms with Crippen molar-refractivity contribution in [1.82, 2.24) is 0 Å². The van der Waals surface area contributed by atoms with Gasteiger partial charge in [0.15, 0.2) is 23.3 Å². The molecule has 0 aliphatic heterocycles. The molecule has 0 amide bonds. The molecule has 454 valence electrons. The lowest BCUT2D eigenvalue weighted by molar-refractivity contribution is 0.509. The number of rotatable bonds is 12. The van der Waals surface area contributed by atoms with E-state index < -0.39 is 34.1 Å². The van der Waals surface area contributed by atoms with E-state index in [1.165, 1.54) is 41.0 Å². The Bertz CT molecular complexity index is 5280. The van der Waals surface area contributed by atoms with Gasteiger partial charge in [0.1, 0.15) is 0 Å². The molecule has 3 aliphatic carbocycles. The molecule has 6 heteroatoms. The van der Waals surface area contributed by atoms with Crippen molar-refractivity contribution in [2.45, 2.75) is 51.9 Å². The third kappa shape index (κ3) is 8.90. The smallest absolute Gasteiger partial charge is 0.160 e. The Kier molecular flexibility index (Phi) is 13.8. The monoisotopic (exact) mass is 1220 g/mol. The van der Waals surface area contributed by atoms with E-state index in [-0.39, 0.29) is 0 Å². The van der Waals surface area contributed by atoms with Gasteiger partial charge in [0.25, 0.3) is 0 Å².